The monoisotopic (exact) mass is 539 g/mol. The first-order chi connectivity index (χ1) is 18.6. The van der Waals surface area contributed by atoms with Crippen LogP contribution in [0.15, 0.2) is 54.9 Å². The van der Waals surface area contributed by atoms with Gasteiger partial charge in [0, 0.05) is 36.2 Å². The van der Waals surface area contributed by atoms with Gasteiger partial charge in [-0.2, -0.15) is 13.2 Å². The highest BCUT2D eigenvalue weighted by atomic mass is 19.4. The second-order valence-electron chi connectivity index (χ2n) is 10.2. The van der Waals surface area contributed by atoms with Gasteiger partial charge in [0.15, 0.2) is 11.4 Å². The number of halogens is 4. The number of imidazole rings is 1. The Labute approximate surface area is 223 Å². The molecule has 1 saturated carbocycles. The van der Waals surface area contributed by atoms with Gasteiger partial charge in [-0.1, -0.05) is 37.5 Å². The van der Waals surface area contributed by atoms with Crippen LogP contribution in [-0.2, 0) is 0 Å². The van der Waals surface area contributed by atoms with Gasteiger partial charge in [0.1, 0.15) is 17.3 Å². The van der Waals surface area contributed by atoms with E-state index in [0.29, 0.717) is 52.0 Å². The summed E-state index contributed by atoms with van der Waals surface area (Å²) < 4.78 is 60.1. The van der Waals surface area contributed by atoms with Crippen LogP contribution in [0, 0.1) is 25.6 Å². The molecule has 2 aromatic carbocycles. The molecule has 0 amide bonds. The molecule has 9 heteroatoms. The Morgan fingerprint density at radius 3 is 2.59 bits per heavy atom. The van der Waals surface area contributed by atoms with Crippen LogP contribution in [0.5, 0.6) is 11.5 Å². The standard InChI is InChI=1S/C30H29F4N3O2/c1-18-6-8-22(31)14-28(18)39-23-15-25(35-11-10-30(32,33)34)29-36-16-26(37(29)17-23)21-7-9-24(19(2)12-21)27(38)13-20-4-3-5-20/h6-9,12,14-17,20,35H,3-5,10-11,13H2,1-2H3. The molecule has 0 aliphatic heterocycles. The van der Waals surface area contributed by atoms with E-state index in [1.807, 2.05) is 25.1 Å². The summed E-state index contributed by atoms with van der Waals surface area (Å²) in [5.74, 6) is 0.736. The second-order valence-corrected chi connectivity index (χ2v) is 10.2. The molecule has 0 radical (unpaired) electrons. The van der Waals surface area contributed by atoms with Gasteiger partial charge in [0.05, 0.1) is 30.2 Å². The first-order valence-corrected chi connectivity index (χ1v) is 13.0. The van der Waals surface area contributed by atoms with E-state index in [-0.39, 0.29) is 12.3 Å². The quantitative estimate of drug-likeness (QED) is 0.172. The molecule has 2 heterocycles. The minimum absolute atomic E-state index is 0.138. The minimum Gasteiger partial charge on any atom is -0.455 e. The highest BCUT2D eigenvalue weighted by molar-refractivity contribution is 5.98. The number of nitrogens with zero attached hydrogens (tertiary/aromatic N) is 2. The molecule has 0 spiro atoms. The lowest BCUT2D eigenvalue weighted by molar-refractivity contribution is -0.131. The summed E-state index contributed by atoms with van der Waals surface area (Å²) in [6.45, 7) is 3.32. The van der Waals surface area contributed by atoms with Gasteiger partial charge in [-0.3, -0.25) is 9.20 Å². The largest absolute Gasteiger partial charge is 0.455 e. The number of pyridine rings is 1. The number of carbonyl (C=O) groups is 1. The number of hydrogen-bond acceptors (Lipinski definition) is 4. The maximum absolute atomic E-state index is 13.9. The summed E-state index contributed by atoms with van der Waals surface area (Å²) in [5.41, 5.74) is 4.47. The predicted molar refractivity (Wildman–Crippen MR) is 142 cm³/mol. The first-order valence-electron chi connectivity index (χ1n) is 13.0. The van der Waals surface area contributed by atoms with Gasteiger partial charge >= 0.3 is 6.18 Å². The van der Waals surface area contributed by atoms with E-state index in [2.05, 4.69) is 10.3 Å². The molecule has 0 atom stereocenters. The summed E-state index contributed by atoms with van der Waals surface area (Å²) in [6.07, 6.45) is 1.91. The Bertz CT molecular complexity index is 1520. The Balaban J connectivity index is 1.51. The van der Waals surface area contributed by atoms with Gasteiger partial charge in [0.25, 0.3) is 0 Å². The number of ether oxygens (including phenoxy) is 1. The predicted octanol–water partition coefficient (Wildman–Crippen LogP) is 8.29. The number of aryl methyl sites for hydroxylation is 2. The molecular formula is C30H29F4N3O2. The molecule has 0 bridgehead atoms. The molecule has 1 aliphatic carbocycles. The SMILES string of the molecule is Cc1ccc(F)cc1Oc1cc(NCCC(F)(F)F)c2ncc(-c3ccc(C(=O)CC4CCC4)c(C)c3)n2c1. The van der Waals surface area contributed by atoms with Crippen LogP contribution in [-0.4, -0.2) is 27.9 Å². The van der Waals surface area contributed by atoms with Crippen LogP contribution in [0.1, 0.15) is 53.6 Å². The Hall–Kier alpha value is -3.88. The number of hydrogen-bond donors (Lipinski definition) is 1. The smallest absolute Gasteiger partial charge is 0.390 e. The van der Waals surface area contributed by atoms with Crippen molar-refractivity contribution in [2.75, 3.05) is 11.9 Å². The molecule has 39 heavy (non-hydrogen) atoms. The zero-order valence-corrected chi connectivity index (χ0v) is 21.7. The van der Waals surface area contributed by atoms with Crippen molar-refractivity contribution in [1.29, 1.82) is 0 Å². The third-order valence-electron chi connectivity index (χ3n) is 7.20. The van der Waals surface area contributed by atoms with Crippen LogP contribution in [0.2, 0.25) is 0 Å². The Kier molecular flexibility index (Phi) is 7.34. The third kappa shape index (κ3) is 6.08. The molecule has 0 unspecified atom stereocenters. The molecule has 0 saturated heterocycles. The highest BCUT2D eigenvalue weighted by Gasteiger charge is 2.26. The van der Waals surface area contributed by atoms with Gasteiger partial charge in [0.2, 0.25) is 0 Å². The van der Waals surface area contributed by atoms with E-state index in [4.69, 9.17) is 4.74 Å². The van der Waals surface area contributed by atoms with Crippen molar-refractivity contribution in [2.24, 2.45) is 5.92 Å². The average molecular weight is 540 g/mol. The zero-order valence-electron chi connectivity index (χ0n) is 21.7. The summed E-state index contributed by atoms with van der Waals surface area (Å²) >= 11 is 0. The molecular weight excluding hydrogens is 510 g/mol. The Morgan fingerprint density at radius 1 is 1.10 bits per heavy atom. The number of Topliss-reactive ketones (excluding diaryl/α,β-unsaturated/α-hetero) is 1. The average Bonchev–Trinajstić information content (AvgIpc) is 3.27. The molecule has 204 valence electrons. The second kappa shape index (κ2) is 10.7. The molecule has 1 fully saturated rings. The minimum atomic E-state index is -4.31. The molecule has 5 rings (SSSR count). The molecule has 4 aromatic rings. The lowest BCUT2D eigenvalue weighted by Crippen LogP contribution is -2.16. The fourth-order valence-electron chi connectivity index (χ4n) is 4.82. The Morgan fingerprint density at radius 2 is 1.90 bits per heavy atom. The fourth-order valence-corrected chi connectivity index (χ4v) is 4.82. The van der Waals surface area contributed by atoms with Gasteiger partial charge in [-0.05, 0) is 43.0 Å². The van der Waals surface area contributed by atoms with Crippen LogP contribution < -0.4 is 10.1 Å². The maximum Gasteiger partial charge on any atom is 0.390 e. The highest BCUT2D eigenvalue weighted by Crippen LogP contribution is 2.34. The van der Waals surface area contributed by atoms with E-state index in [1.165, 1.54) is 18.6 Å². The van der Waals surface area contributed by atoms with Crippen molar-refractivity contribution in [2.45, 2.75) is 52.1 Å². The summed E-state index contributed by atoms with van der Waals surface area (Å²) in [5, 5.41) is 2.82. The normalized spacial score (nSPS) is 13.9. The van der Waals surface area contributed by atoms with E-state index < -0.39 is 18.4 Å². The van der Waals surface area contributed by atoms with Gasteiger partial charge in [-0.15, -0.1) is 0 Å². The van der Waals surface area contributed by atoms with Crippen LogP contribution >= 0.6 is 0 Å². The maximum atomic E-state index is 13.9. The van der Waals surface area contributed by atoms with E-state index >= 15 is 0 Å². The molecule has 1 N–H and O–H groups in total. The summed E-state index contributed by atoms with van der Waals surface area (Å²) in [7, 11) is 0. The number of nitrogens with one attached hydrogen (secondary N) is 1. The number of carbonyl (C=O) groups excluding carboxylic acids is 1. The van der Waals surface area contributed by atoms with E-state index in [9.17, 15) is 22.4 Å². The van der Waals surface area contributed by atoms with Gasteiger partial charge in [-0.25, -0.2) is 9.37 Å². The molecule has 2 aromatic heterocycles. The number of aromatic nitrogens is 2. The number of benzene rings is 2. The number of anilines is 1. The number of alkyl halides is 3. The van der Waals surface area contributed by atoms with Crippen molar-refractivity contribution < 1.29 is 27.1 Å². The molecule has 5 nitrogen and oxygen atoms in total. The van der Waals surface area contributed by atoms with E-state index in [0.717, 1.165) is 24.0 Å². The van der Waals surface area contributed by atoms with E-state index in [1.54, 1.807) is 35.9 Å². The summed E-state index contributed by atoms with van der Waals surface area (Å²) in [6, 6.07) is 11.3. The van der Waals surface area contributed by atoms with Crippen molar-refractivity contribution in [3.63, 3.8) is 0 Å². The van der Waals surface area contributed by atoms with Crippen molar-refractivity contribution >= 4 is 17.1 Å². The van der Waals surface area contributed by atoms with Crippen molar-refractivity contribution in [3.8, 4) is 22.8 Å². The zero-order chi connectivity index (χ0) is 27.7. The van der Waals surface area contributed by atoms with Gasteiger partial charge < -0.3 is 10.1 Å². The fraction of sp³-hybridized carbons (Fsp3) is 0.333. The number of rotatable bonds is 9. The third-order valence-corrected chi connectivity index (χ3v) is 7.20. The van der Waals surface area contributed by atoms with Crippen molar-refractivity contribution in [3.05, 3.63) is 77.4 Å². The lowest BCUT2D eigenvalue weighted by atomic mass is 9.80. The van der Waals surface area contributed by atoms with Crippen LogP contribution in [0.4, 0.5) is 23.2 Å². The number of fused-ring (bicyclic) bond motifs is 1. The van der Waals surface area contributed by atoms with Crippen LogP contribution in [0.3, 0.4) is 0 Å². The lowest BCUT2D eigenvalue weighted by Gasteiger charge is -2.24. The molecule has 1 aliphatic rings. The summed E-state index contributed by atoms with van der Waals surface area (Å²) in [4.78, 5) is 17.3. The number of ketones is 1. The van der Waals surface area contributed by atoms with Crippen LogP contribution in [0.25, 0.3) is 16.9 Å². The topological polar surface area (TPSA) is 55.6 Å². The van der Waals surface area contributed by atoms with Crippen molar-refractivity contribution in [1.82, 2.24) is 9.38 Å². The first kappa shape index (κ1) is 26.7.